The van der Waals surface area contributed by atoms with Gasteiger partial charge in [-0.25, -0.2) is 18.4 Å². The van der Waals surface area contributed by atoms with E-state index in [0.717, 1.165) is 46.6 Å². The fourth-order valence-electron chi connectivity index (χ4n) is 4.58. The SMILES string of the molecule is Cc1sc2ncnc(N(C)C3CCCCC3)c2c1S(=O)(=O)N1CCC(C)CC1. The Morgan fingerprint density at radius 3 is 2.46 bits per heavy atom. The smallest absolute Gasteiger partial charge is 0.244 e. The third-order valence-electron chi connectivity index (χ3n) is 6.39. The van der Waals surface area contributed by atoms with Crippen LogP contribution in [0.25, 0.3) is 10.2 Å². The van der Waals surface area contributed by atoms with Crippen molar-refractivity contribution in [3.05, 3.63) is 11.2 Å². The van der Waals surface area contributed by atoms with Crippen molar-refractivity contribution in [3.8, 4) is 0 Å². The molecule has 1 aliphatic carbocycles. The molecule has 0 N–H and O–H groups in total. The third-order valence-corrected chi connectivity index (χ3v) is 9.60. The van der Waals surface area contributed by atoms with Crippen LogP contribution in [0.1, 0.15) is 56.7 Å². The van der Waals surface area contributed by atoms with E-state index in [1.54, 1.807) is 10.6 Å². The van der Waals surface area contributed by atoms with Crippen LogP contribution in [0.4, 0.5) is 5.82 Å². The molecule has 0 spiro atoms. The van der Waals surface area contributed by atoms with Crippen LogP contribution in [0, 0.1) is 12.8 Å². The summed E-state index contributed by atoms with van der Waals surface area (Å²) in [6.07, 6.45) is 9.43. The Morgan fingerprint density at radius 1 is 1.11 bits per heavy atom. The van der Waals surface area contributed by atoms with E-state index in [4.69, 9.17) is 0 Å². The normalized spacial score (nSPS) is 20.7. The number of aryl methyl sites for hydroxylation is 1. The van der Waals surface area contributed by atoms with E-state index in [-0.39, 0.29) is 0 Å². The molecular formula is C20H30N4O2S2. The van der Waals surface area contributed by atoms with E-state index in [1.807, 2.05) is 6.92 Å². The number of hydrogen-bond donors (Lipinski definition) is 0. The Hall–Kier alpha value is -1.25. The molecular weight excluding hydrogens is 392 g/mol. The topological polar surface area (TPSA) is 66.4 Å². The molecule has 0 atom stereocenters. The lowest BCUT2D eigenvalue weighted by molar-refractivity contribution is 0.288. The van der Waals surface area contributed by atoms with Crippen molar-refractivity contribution >= 4 is 37.4 Å². The molecule has 6 nitrogen and oxygen atoms in total. The first-order valence-electron chi connectivity index (χ1n) is 10.4. The fraction of sp³-hybridized carbons (Fsp3) is 0.700. The Morgan fingerprint density at radius 2 is 1.79 bits per heavy atom. The number of nitrogens with zero attached hydrogens (tertiary/aromatic N) is 4. The summed E-state index contributed by atoms with van der Waals surface area (Å²) >= 11 is 1.46. The summed E-state index contributed by atoms with van der Waals surface area (Å²) in [5, 5.41) is 0.719. The molecule has 1 saturated heterocycles. The summed E-state index contributed by atoms with van der Waals surface area (Å²) in [5.41, 5.74) is 0. The van der Waals surface area contributed by atoms with Gasteiger partial charge in [-0.05, 0) is 38.5 Å². The van der Waals surface area contributed by atoms with Crippen LogP contribution in [0.5, 0.6) is 0 Å². The zero-order valence-corrected chi connectivity index (χ0v) is 18.7. The lowest BCUT2D eigenvalue weighted by Gasteiger charge is -2.33. The lowest BCUT2D eigenvalue weighted by Crippen LogP contribution is -2.38. The van der Waals surface area contributed by atoms with Gasteiger partial charge in [0.1, 0.15) is 21.9 Å². The van der Waals surface area contributed by atoms with Crippen molar-refractivity contribution < 1.29 is 8.42 Å². The highest BCUT2D eigenvalue weighted by Gasteiger charge is 2.34. The molecule has 2 aliphatic rings. The second-order valence-electron chi connectivity index (χ2n) is 8.35. The highest BCUT2D eigenvalue weighted by atomic mass is 32.2. The van der Waals surface area contributed by atoms with E-state index in [0.29, 0.717) is 29.9 Å². The molecule has 1 aliphatic heterocycles. The number of piperidine rings is 1. The predicted molar refractivity (Wildman–Crippen MR) is 115 cm³/mol. The number of anilines is 1. The zero-order chi connectivity index (χ0) is 19.9. The number of thiophene rings is 1. The number of rotatable bonds is 4. The van der Waals surface area contributed by atoms with Crippen molar-refractivity contribution in [2.24, 2.45) is 5.92 Å². The van der Waals surface area contributed by atoms with Gasteiger partial charge in [-0.15, -0.1) is 11.3 Å². The van der Waals surface area contributed by atoms with Crippen LogP contribution < -0.4 is 4.90 Å². The standard InChI is InChI=1S/C20H30N4O2S2/c1-14-9-11-24(12-10-14)28(25,26)18-15(2)27-20-17(18)19(21-13-22-20)23(3)16-7-5-4-6-8-16/h13-14,16H,4-12H2,1-3H3. The molecule has 0 bridgehead atoms. The molecule has 3 heterocycles. The summed E-state index contributed by atoms with van der Waals surface area (Å²) in [4.78, 5) is 13.2. The summed E-state index contributed by atoms with van der Waals surface area (Å²) < 4.78 is 28.9. The van der Waals surface area contributed by atoms with Gasteiger partial charge in [0.25, 0.3) is 0 Å². The van der Waals surface area contributed by atoms with Gasteiger partial charge in [0.2, 0.25) is 10.0 Å². The number of aromatic nitrogens is 2. The number of hydrogen-bond acceptors (Lipinski definition) is 6. The van der Waals surface area contributed by atoms with Crippen molar-refractivity contribution in [2.75, 3.05) is 25.0 Å². The van der Waals surface area contributed by atoms with Gasteiger partial charge in [-0.3, -0.25) is 0 Å². The minimum atomic E-state index is -3.55. The van der Waals surface area contributed by atoms with Crippen LogP contribution in [-0.4, -0.2) is 48.9 Å². The molecule has 1 saturated carbocycles. The molecule has 0 amide bonds. The first-order valence-corrected chi connectivity index (χ1v) is 12.6. The van der Waals surface area contributed by atoms with Crippen LogP contribution in [0.15, 0.2) is 11.2 Å². The summed E-state index contributed by atoms with van der Waals surface area (Å²) in [7, 11) is -1.49. The Kier molecular flexibility index (Phi) is 5.64. The van der Waals surface area contributed by atoms with Gasteiger partial charge in [0.15, 0.2) is 0 Å². The van der Waals surface area contributed by atoms with Crippen molar-refractivity contribution in [2.45, 2.75) is 69.7 Å². The highest BCUT2D eigenvalue weighted by molar-refractivity contribution is 7.89. The summed E-state index contributed by atoms with van der Waals surface area (Å²) in [5.74, 6) is 1.35. The van der Waals surface area contributed by atoms with Gasteiger partial charge in [-0.1, -0.05) is 26.2 Å². The molecule has 0 unspecified atom stereocenters. The van der Waals surface area contributed by atoms with Crippen LogP contribution in [0.3, 0.4) is 0 Å². The van der Waals surface area contributed by atoms with E-state index in [1.165, 1.54) is 30.6 Å². The fourth-order valence-corrected chi connectivity index (χ4v) is 7.72. The molecule has 0 aromatic carbocycles. The molecule has 154 valence electrons. The quantitative estimate of drug-likeness (QED) is 0.739. The highest BCUT2D eigenvalue weighted by Crippen LogP contribution is 2.41. The monoisotopic (exact) mass is 422 g/mol. The third kappa shape index (κ3) is 3.55. The second-order valence-corrected chi connectivity index (χ2v) is 11.4. The molecule has 2 aromatic heterocycles. The molecule has 2 fully saturated rings. The maximum absolute atomic E-state index is 13.6. The zero-order valence-electron chi connectivity index (χ0n) is 17.0. The summed E-state index contributed by atoms with van der Waals surface area (Å²) in [6.45, 7) is 5.29. The lowest BCUT2D eigenvalue weighted by atomic mass is 9.94. The van der Waals surface area contributed by atoms with E-state index in [9.17, 15) is 8.42 Å². The first-order chi connectivity index (χ1) is 13.4. The maximum atomic E-state index is 13.6. The molecule has 8 heteroatoms. The molecule has 28 heavy (non-hydrogen) atoms. The van der Waals surface area contributed by atoms with Gasteiger partial charge >= 0.3 is 0 Å². The van der Waals surface area contributed by atoms with E-state index in [2.05, 4.69) is 28.8 Å². The Labute approximate surface area is 172 Å². The minimum absolute atomic E-state index is 0.415. The average Bonchev–Trinajstić information content (AvgIpc) is 3.05. The first kappa shape index (κ1) is 20.0. The number of sulfonamides is 1. The molecule has 0 radical (unpaired) electrons. The molecule has 2 aromatic rings. The Bertz CT molecular complexity index is 943. The van der Waals surface area contributed by atoms with Crippen LogP contribution >= 0.6 is 11.3 Å². The van der Waals surface area contributed by atoms with Gasteiger partial charge in [0.05, 0.1) is 5.39 Å². The van der Waals surface area contributed by atoms with Crippen LogP contribution in [-0.2, 0) is 10.0 Å². The van der Waals surface area contributed by atoms with Gasteiger partial charge in [-0.2, -0.15) is 4.31 Å². The van der Waals surface area contributed by atoms with Crippen molar-refractivity contribution in [1.29, 1.82) is 0 Å². The molecule has 4 rings (SSSR count). The van der Waals surface area contributed by atoms with Gasteiger partial charge < -0.3 is 4.90 Å². The second kappa shape index (κ2) is 7.88. The maximum Gasteiger partial charge on any atom is 0.244 e. The van der Waals surface area contributed by atoms with E-state index < -0.39 is 10.0 Å². The minimum Gasteiger partial charge on any atom is -0.356 e. The van der Waals surface area contributed by atoms with Crippen LogP contribution in [0.2, 0.25) is 0 Å². The van der Waals surface area contributed by atoms with E-state index >= 15 is 0 Å². The summed E-state index contributed by atoms with van der Waals surface area (Å²) in [6, 6.07) is 0.415. The van der Waals surface area contributed by atoms with Crippen molar-refractivity contribution in [3.63, 3.8) is 0 Å². The van der Waals surface area contributed by atoms with Gasteiger partial charge in [0, 0.05) is 31.1 Å². The largest absolute Gasteiger partial charge is 0.356 e. The van der Waals surface area contributed by atoms with Crippen molar-refractivity contribution in [1.82, 2.24) is 14.3 Å². The predicted octanol–water partition coefficient (Wildman–Crippen LogP) is 4.19. The number of fused-ring (bicyclic) bond motifs is 1. The Balaban J connectivity index is 1.79. The average molecular weight is 423 g/mol.